The molecule has 0 unspecified atom stereocenters. The molecule has 0 spiro atoms. The molecule has 0 atom stereocenters. The second kappa shape index (κ2) is 9.72. The van der Waals surface area contributed by atoms with Crippen LogP contribution in [-0.4, -0.2) is 76.2 Å². The van der Waals surface area contributed by atoms with Crippen LogP contribution < -0.4 is 10.0 Å². The minimum Gasteiger partial charge on any atom is -0.357 e. The molecular weight excluding hydrogens is 382 g/mol. The fraction of sp³-hybridized carbons (Fsp3) is 0.667. The summed E-state index contributed by atoms with van der Waals surface area (Å²) in [5.74, 6) is 0.844. The van der Waals surface area contributed by atoms with E-state index in [0.717, 1.165) is 55.8 Å². The number of halogens is 1. The lowest BCUT2D eigenvalue weighted by atomic mass is 10.3. The molecule has 1 fully saturated rings. The van der Waals surface area contributed by atoms with Gasteiger partial charge in [0, 0.05) is 50.7 Å². The molecule has 0 amide bonds. The first-order chi connectivity index (χ1) is 11.9. The molecule has 2 heterocycles. The summed E-state index contributed by atoms with van der Waals surface area (Å²) in [7, 11) is -3.16. The van der Waals surface area contributed by atoms with Crippen molar-refractivity contribution in [3.63, 3.8) is 0 Å². The van der Waals surface area contributed by atoms with Gasteiger partial charge in [-0.1, -0.05) is 11.6 Å². The minimum atomic E-state index is -3.16. The second-order valence-electron chi connectivity index (χ2n) is 5.87. The Kier molecular flexibility index (Phi) is 7.95. The molecule has 1 aliphatic heterocycles. The lowest BCUT2D eigenvalue weighted by Crippen LogP contribution is -2.52. The van der Waals surface area contributed by atoms with Gasteiger partial charge >= 0.3 is 0 Å². The molecule has 0 aromatic carbocycles. The third kappa shape index (κ3) is 7.49. The first-order valence-corrected chi connectivity index (χ1v) is 11.4. The van der Waals surface area contributed by atoms with Gasteiger partial charge in [-0.25, -0.2) is 13.1 Å². The Balaban J connectivity index is 1.82. The van der Waals surface area contributed by atoms with E-state index in [9.17, 15) is 8.42 Å². The van der Waals surface area contributed by atoms with Crippen molar-refractivity contribution in [2.45, 2.75) is 13.5 Å². The van der Waals surface area contributed by atoms with Crippen LogP contribution in [0.1, 0.15) is 11.8 Å². The average molecular weight is 408 g/mol. The highest BCUT2D eigenvalue weighted by Gasteiger charge is 2.20. The maximum atomic E-state index is 11.1. The summed E-state index contributed by atoms with van der Waals surface area (Å²) >= 11 is 7.62. The Bertz CT molecular complexity index is 669. The van der Waals surface area contributed by atoms with Crippen LogP contribution in [0.15, 0.2) is 17.1 Å². The monoisotopic (exact) mass is 407 g/mol. The maximum absolute atomic E-state index is 11.1. The number of nitrogens with zero attached hydrogens (tertiary/aromatic N) is 3. The molecular formula is C15H26ClN5O2S2. The number of thiophene rings is 1. The van der Waals surface area contributed by atoms with Gasteiger partial charge in [0.05, 0.1) is 17.1 Å². The van der Waals surface area contributed by atoms with Crippen LogP contribution in [0.5, 0.6) is 0 Å². The predicted octanol–water partition coefficient (Wildman–Crippen LogP) is 1.03. The Hall–Kier alpha value is -0.870. The van der Waals surface area contributed by atoms with E-state index in [-0.39, 0.29) is 0 Å². The molecule has 1 aromatic rings. The summed E-state index contributed by atoms with van der Waals surface area (Å²) in [5, 5.41) is 3.28. The van der Waals surface area contributed by atoms with Crippen molar-refractivity contribution in [1.82, 2.24) is 19.8 Å². The zero-order valence-corrected chi connectivity index (χ0v) is 17.1. The van der Waals surface area contributed by atoms with E-state index in [1.54, 1.807) is 11.3 Å². The van der Waals surface area contributed by atoms with Crippen molar-refractivity contribution >= 4 is 38.9 Å². The normalized spacial score (nSPS) is 17.1. The zero-order valence-electron chi connectivity index (χ0n) is 14.7. The quantitative estimate of drug-likeness (QED) is 0.401. The Morgan fingerprint density at radius 2 is 2.04 bits per heavy atom. The number of rotatable bonds is 7. The van der Waals surface area contributed by atoms with Crippen molar-refractivity contribution in [1.29, 1.82) is 0 Å². The van der Waals surface area contributed by atoms with Crippen LogP contribution in [-0.2, 0) is 16.6 Å². The fourth-order valence-corrected chi connectivity index (χ4v) is 4.19. The fourth-order valence-electron chi connectivity index (χ4n) is 2.59. The van der Waals surface area contributed by atoms with E-state index in [4.69, 9.17) is 11.6 Å². The summed E-state index contributed by atoms with van der Waals surface area (Å²) in [5.41, 5.74) is 0. The zero-order chi connectivity index (χ0) is 18.3. The van der Waals surface area contributed by atoms with Crippen LogP contribution in [0.3, 0.4) is 0 Å². The smallest absolute Gasteiger partial charge is 0.208 e. The molecule has 0 saturated carbocycles. The molecule has 2 N–H and O–H groups in total. The van der Waals surface area contributed by atoms with Gasteiger partial charge in [-0.15, -0.1) is 11.3 Å². The molecule has 142 valence electrons. The highest BCUT2D eigenvalue weighted by Crippen LogP contribution is 2.23. The van der Waals surface area contributed by atoms with Gasteiger partial charge in [0.1, 0.15) is 0 Å². The van der Waals surface area contributed by atoms with E-state index in [1.165, 1.54) is 4.88 Å². The molecule has 1 aromatic heterocycles. The van der Waals surface area contributed by atoms with Gasteiger partial charge < -0.3 is 10.2 Å². The number of sulfonamides is 1. The molecule has 25 heavy (non-hydrogen) atoms. The van der Waals surface area contributed by atoms with Gasteiger partial charge in [-0.2, -0.15) is 0 Å². The van der Waals surface area contributed by atoms with Gasteiger partial charge in [-0.05, 0) is 19.1 Å². The molecule has 1 aliphatic rings. The lowest BCUT2D eigenvalue weighted by Gasteiger charge is -2.36. The highest BCUT2D eigenvalue weighted by atomic mass is 35.5. The van der Waals surface area contributed by atoms with Gasteiger partial charge in [-0.3, -0.25) is 9.89 Å². The largest absolute Gasteiger partial charge is 0.357 e. The van der Waals surface area contributed by atoms with Crippen LogP contribution >= 0.6 is 22.9 Å². The van der Waals surface area contributed by atoms with E-state index in [1.807, 2.05) is 13.0 Å². The van der Waals surface area contributed by atoms with E-state index >= 15 is 0 Å². The number of nitrogens with one attached hydrogen (secondary N) is 2. The van der Waals surface area contributed by atoms with Crippen LogP contribution in [0.25, 0.3) is 0 Å². The third-order valence-electron chi connectivity index (χ3n) is 3.75. The summed E-state index contributed by atoms with van der Waals surface area (Å²) in [4.78, 5) is 10.4. The Morgan fingerprint density at radius 3 is 2.60 bits per heavy atom. The van der Waals surface area contributed by atoms with Gasteiger partial charge in [0.15, 0.2) is 5.96 Å². The number of aliphatic imine (C=N–C) groups is 1. The summed E-state index contributed by atoms with van der Waals surface area (Å²) < 4.78 is 25.5. The SMILES string of the molecule is CCNC(=NCCNS(C)(=O)=O)N1CCN(Cc2ccc(Cl)s2)CC1. The summed E-state index contributed by atoms with van der Waals surface area (Å²) in [6.45, 7) is 8.18. The minimum absolute atomic E-state index is 0.312. The van der Waals surface area contributed by atoms with Crippen molar-refractivity contribution < 1.29 is 8.42 Å². The molecule has 0 radical (unpaired) electrons. The van der Waals surface area contributed by atoms with E-state index < -0.39 is 10.0 Å². The Labute approximate surface area is 159 Å². The van der Waals surface area contributed by atoms with Crippen molar-refractivity contribution in [2.75, 3.05) is 52.1 Å². The van der Waals surface area contributed by atoms with E-state index in [0.29, 0.717) is 13.1 Å². The number of guanidine groups is 1. The average Bonchev–Trinajstić information content (AvgIpc) is 2.95. The van der Waals surface area contributed by atoms with Crippen molar-refractivity contribution in [3.8, 4) is 0 Å². The number of hydrogen-bond acceptors (Lipinski definition) is 5. The predicted molar refractivity (Wildman–Crippen MR) is 105 cm³/mol. The second-order valence-corrected chi connectivity index (χ2v) is 9.50. The first kappa shape index (κ1) is 20.4. The first-order valence-electron chi connectivity index (χ1n) is 8.32. The van der Waals surface area contributed by atoms with E-state index in [2.05, 4.69) is 30.9 Å². The standard InChI is InChI=1S/C15H26ClN5O2S2/c1-3-17-15(18-6-7-19-25(2,22)23)21-10-8-20(9-11-21)12-13-4-5-14(16)24-13/h4-5,19H,3,6-12H2,1-2H3,(H,17,18). The topological polar surface area (TPSA) is 77.0 Å². The van der Waals surface area contributed by atoms with Crippen molar-refractivity contribution in [3.05, 3.63) is 21.3 Å². The molecule has 7 nitrogen and oxygen atoms in total. The van der Waals surface area contributed by atoms with Crippen molar-refractivity contribution in [2.24, 2.45) is 4.99 Å². The number of hydrogen-bond donors (Lipinski definition) is 2. The summed E-state index contributed by atoms with van der Waals surface area (Å²) in [6, 6.07) is 4.03. The summed E-state index contributed by atoms with van der Waals surface area (Å²) in [6.07, 6.45) is 1.15. The van der Waals surface area contributed by atoms with Crippen LogP contribution in [0.2, 0.25) is 4.34 Å². The molecule has 10 heteroatoms. The molecule has 2 rings (SSSR count). The number of piperazine rings is 1. The van der Waals surface area contributed by atoms with Gasteiger partial charge in [0.2, 0.25) is 10.0 Å². The highest BCUT2D eigenvalue weighted by molar-refractivity contribution is 7.88. The maximum Gasteiger partial charge on any atom is 0.208 e. The van der Waals surface area contributed by atoms with Crippen LogP contribution in [0.4, 0.5) is 0 Å². The molecule has 0 bridgehead atoms. The van der Waals surface area contributed by atoms with Gasteiger partial charge in [0.25, 0.3) is 0 Å². The third-order valence-corrected chi connectivity index (χ3v) is 5.70. The molecule has 1 saturated heterocycles. The molecule has 0 aliphatic carbocycles. The van der Waals surface area contributed by atoms with Crippen LogP contribution in [0, 0.1) is 0 Å². The lowest BCUT2D eigenvalue weighted by molar-refractivity contribution is 0.173. The Morgan fingerprint density at radius 1 is 1.32 bits per heavy atom.